The zero-order valence-corrected chi connectivity index (χ0v) is 15.2. The van der Waals surface area contributed by atoms with Crippen molar-refractivity contribution in [2.45, 2.75) is 38.3 Å². The Labute approximate surface area is 145 Å². The molecule has 0 unspecified atom stereocenters. The molecule has 0 aliphatic rings. The first-order valence-electron chi connectivity index (χ1n) is 7.18. The summed E-state index contributed by atoms with van der Waals surface area (Å²) in [5, 5.41) is 2.91. The van der Waals surface area contributed by atoms with Crippen molar-refractivity contribution in [1.29, 1.82) is 0 Å². The molecule has 25 heavy (non-hydrogen) atoms. The molecule has 0 aromatic heterocycles. The monoisotopic (exact) mass is 385 g/mol. The third-order valence-corrected chi connectivity index (χ3v) is 3.46. The van der Waals surface area contributed by atoms with E-state index in [0.29, 0.717) is 19.4 Å². The van der Waals surface area contributed by atoms with Gasteiger partial charge in [0.1, 0.15) is 11.4 Å². The number of ether oxygens (including phenoxy) is 1. The Morgan fingerprint density at radius 1 is 1.12 bits per heavy atom. The second-order valence-electron chi connectivity index (χ2n) is 5.81. The Morgan fingerprint density at radius 3 is 1.96 bits per heavy atom. The maximum Gasteiger partial charge on any atom is 0.534 e. The van der Waals surface area contributed by atoms with Gasteiger partial charge in [0.2, 0.25) is 0 Å². The van der Waals surface area contributed by atoms with Gasteiger partial charge in [-0.3, -0.25) is 4.79 Å². The second kappa shape index (κ2) is 9.62. The number of nitrogens with one attached hydrogen (secondary N) is 1. The summed E-state index contributed by atoms with van der Waals surface area (Å²) in [4.78, 5) is 9.60. The number of hydrogen-bond donors (Lipinski definition) is 1. The molecule has 1 aromatic carbocycles. The predicted octanol–water partition coefficient (Wildman–Crippen LogP) is 2.63. The largest absolute Gasteiger partial charge is 0.534 e. The standard InChI is InChI=1S/C10H12F3NO3S.C5H10O2/c1-14-7-6-8-2-4-9(5-3-8)17-18(15,16)10(11,12)13;1-5(2,3)7-4-6/h2-5,14H,6-7H2,1H3;4H,1-3H3. The number of halogens is 3. The van der Waals surface area contributed by atoms with Crippen LogP contribution in [0.3, 0.4) is 0 Å². The minimum atomic E-state index is -5.59. The van der Waals surface area contributed by atoms with Crippen molar-refractivity contribution in [3.63, 3.8) is 0 Å². The fourth-order valence-corrected chi connectivity index (χ4v) is 1.76. The van der Waals surface area contributed by atoms with Gasteiger partial charge in [-0.25, -0.2) is 0 Å². The van der Waals surface area contributed by atoms with E-state index in [-0.39, 0.29) is 11.4 Å². The zero-order chi connectivity index (χ0) is 19.7. The Morgan fingerprint density at radius 2 is 1.64 bits per heavy atom. The van der Waals surface area contributed by atoms with E-state index in [1.165, 1.54) is 24.3 Å². The van der Waals surface area contributed by atoms with E-state index in [9.17, 15) is 26.4 Å². The van der Waals surface area contributed by atoms with E-state index in [4.69, 9.17) is 0 Å². The number of hydrogen-bond acceptors (Lipinski definition) is 6. The predicted molar refractivity (Wildman–Crippen MR) is 86.6 cm³/mol. The molecule has 0 atom stereocenters. The maximum absolute atomic E-state index is 12.0. The van der Waals surface area contributed by atoms with Crippen LogP contribution in [0.1, 0.15) is 26.3 Å². The van der Waals surface area contributed by atoms with Gasteiger partial charge < -0.3 is 14.2 Å². The molecule has 0 heterocycles. The number of carbonyl (C=O) groups excluding carboxylic acids is 1. The summed E-state index contributed by atoms with van der Waals surface area (Å²) in [6.45, 7) is 6.63. The molecule has 0 fully saturated rings. The van der Waals surface area contributed by atoms with E-state index >= 15 is 0 Å². The quantitative estimate of drug-likeness (QED) is 0.461. The smallest absolute Gasteiger partial charge is 0.462 e. The minimum absolute atomic E-state index is 0.318. The second-order valence-corrected chi connectivity index (χ2v) is 7.34. The molecular formula is C15H22F3NO5S. The molecule has 0 bridgehead atoms. The van der Waals surface area contributed by atoms with Crippen LogP contribution >= 0.6 is 0 Å². The SMILES string of the molecule is CC(C)(C)OC=O.CNCCc1ccc(OS(=O)(=O)C(F)(F)F)cc1. The lowest BCUT2D eigenvalue weighted by atomic mass is 10.1. The average Bonchev–Trinajstić information content (AvgIpc) is 2.44. The van der Waals surface area contributed by atoms with Crippen molar-refractivity contribution in [3.05, 3.63) is 29.8 Å². The molecular weight excluding hydrogens is 363 g/mol. The van der Waals surface area contributed by atoms with Crippen LogP contribution in [0.5, 0.6) is 5.75 Å². The Hall–Kier alpha value is -1.81. The Balaban J connectivity index is 0.000000697. The molecule has 10 heteroatoms. The van der Waals surface area contributed by atoms with Crippen LogP contribution in [0, 0.1) is 0 Å². The lowest BCUT2D eigenvalue weighted by Gasteiger charge is -2.14. The highest BCUT2D eigenvalue weighted by atomic mass is 32.2. The van der Waals surface area contributed by atoms with Crippen molar-refractivity contribution in [1.82, 2.24) is 5.32 Å². The number of carbonyl (C=O) groups is 1. The maximum atomic E-state index is 12.0. The third-order valence-electron chi connectivity index (χ3n) is 2.48. The van der Waals surface area contributed by atoms with Gasteiger partial charge in [-0.05, 0) is 58.5 Å². The molecule has 144 valence electrons. The number of benzene rings is 1. The molecule has 1 rings (SSSR count). The van der Waals surface area contributed by atoms with Crippen molar-refractivity contribution in [2.75, 3.05) is 13.6 Å². The van der Waals surface area contributed by atoms with Gasteiger partial charge in [0.15, 0.2) is 0 Å². The summed E-state index contributed by atoms with van der Waals surface area (Å²) >= 11 is 0. The van der Waals surface area contributed by atoms with E-state index < -0.39 is 15.6 Å². The van der Waals surface area contributed by atoms with Gasteiger partial charge in [-0.2, -0.15) is 21.6 Å². The van der Waals surface area contributed by atoms with Crippen LogP contribution < -0.4 is 9.50 Å². The van der Waals surface area contributed by atoms with Crippen molar-refractivity contribution in [3.8, 4) is 5.75 Å². The van der Waals surface area contributed by atoms with Crippen LogP contribution in [0.4, 0.5) is 13.2 Å². The molecule has 0 radical (unpaired) electrons. The normalized spacial score (nSPS) is 12.0. The molecule has 0 spiro atoms. The zero-order valence-electron chi connectivity index (χ0n) is 14.4. The lowest BCUT2D eigenvalue weighted by molar-refractivity contribution is -0.138. The topological polar surface area (TPSA) is 81.7 Å². The molecule has 1 N–H and O–H groups in total. The van der Waals surface area contributed by atoms with Crippen molar-refractivity contribution >= 4 is 16.6 Å². The van der Waals surface area contributed by atoms with Gasteiger partial charge in [0, 0.05) is 0 Å². The van der Waals surface area contributed by atoms with Gasteiger partial charge in [0.05, 0.1) is 0 Å². The van der Waals surface area contributed by atoms with Crippen molar-refractivity contribution < 1.29 is 35.3 Å². The number of rotatable bonds is 6. The van der Waals surface area contributed by atoms with Gasteiger partial charge in [-0.15, -0.1) is 0 Å². The minimum Gasteiger partial charge on any atom is -0.462 e. The first-order chi connectivity index (χ1) is 11.3. The van der Waals surface area contributed by atoms with E-state index in [1.807, 2.05) is 20.8 Å². The molecule has 6 nitrogen and oxygen atoms in total. The third kappa shape index (κ3) is 9.92. The first kappa shape index (κ1) is 23.2. The summed E-state index contributed by atoms with van der Waals surface area (Å²) in [5.74, 6) is -0.361. The molecule has 0 saturated heterocycles. The molecule has 0 amide bonds. The van der Waals surface area contributed by atoms with Gasteiger partial charge in [-0.1, -0.05) is 12.1 Å². The van der Waals surface area contributed by atoms with E-state index in [2.05, 4.69) is 14.2 Å². The fraction of sp³-hybridized carbons (Fsp3) is 0.533. The lowest BCUT2D eigenvalue weighted by Crippen LogP contribution is -2.28. The highest BCUT2D eigenvalue weighted by molar-refractivity contribution is 7.87. The first-order valence-corrected chi connectivity index (χ1v) is 8.59. The number of alkyl halides is 3. The Bertz CT molecular complexity index is 622. The summed E-state index contributed by atoms with van der Waals surface area (Å²) < 4.78 is 66.1. The highest BCUT2D eigenvalue weighted by Crippen LogP contribution is 2.26. The summed E-state index contributed by atoms with van der Waals surface area (Å²) in [6.07, 6.45) is 0.683. The van der Waals surface area contributed by atoms with Crippen LogP contribution in [-0.2, 0) is 26.1 Å². The summed E-state index contributed by atoms with van der Waals surface area (Å²) in [6, 6.07) is 5.40. The fourth-order valence-electron chi connectivity index (χ4n) is 1.30. The van der Waals surface area contributed by atoms with Gasteiger partial charge in [0.25, 0.3) is 6.47 Å². The van der Waals surface area contributed by atoms with Crippen molar-refractivity contribution in [2.24, 2.45) is 0 Å². The van der Waals surface area contributed by atoms with Crippen LogP contribution in [0.25, 0.3) is 0 Å². The highest BCUT2D eigenvalue weighted by Gasteiger charge is 2.48. The van der Waals surface area contributed by atoms with Gasteiger partial charge >= 0.3 is 15.6 Å². The summed E-state index contributed by atoms with van der Waals surface area (Å²) in [5.41, 5.74) is -4.87. The summed E-state index contributed by atoms with van der Waals surface area (Å²) in [7, 11) is -3.82. The Kier molecular flexibility index (Phi) is 8.92. The van der Waals surface area contributed by atoms with E-state index in [1.54, 1.807) is 7.05 Å². The van der Waals surface area contributed by atoms with Crippen LogP contribution in [-0.4, -0.2) is 39.6 Å². The molecule has 1 aromatic rings. The van der Waals surface area contributed by atoms with Crippen LogP contribution in [0.15, 0.2) is 24.3 Å². The average molecular weight is 385 g/mol. The molecule has 0 aliphatic carbocycles. The molecule has 0 saturated carbocycles. The number of likely N-dealkylation sites (N-methyl/N-ethyl adjacent to an activating group) is 1. The van der Waals surface area contributed by atoms with Crippen LogP contribution in [0.2, 0.25) is 0 Å². The molecule has 0 aliphatic heterocycles. The van der Waals surface area contributed by atoms with E-state index in [0.717, 1.165) is 5.56 Å².